The second-order valence-electron chi connectivity index (χ2n) is 6.23. The highest BCUT2D eigenvalue weighted by Crippen LogP contribution is 2.46. The van der Waals surface area contributed by atoms with E-state index in [9.17, 15) is 23.1 Å². The molecule has 154 valence electrons. The van der Waals surface area contributed by atoms with Gasteiger partial charge in [0, 0.05) is 0 Å². The first-order valence-corrected chi connectivity index (χ1v) is 9.83. The lowest BCUT2D eigenvalue weighted by Crippen LogP contribution is -2.48. The largest absolute Gasteiger partial charge is 0.502 e. The zero-order valence-corrected chi connectivity index (χ0v) is 16.6. The van der Waals surface area contributed by atoms with Crippen molar-refractivity contribution in [1.29, 1.82) is 0 Å². The average molecular weight is 422 g/mol. The molecular formula is C19H18O9S. The molecule has 0 radical (unpaired) electrons. The number of rotatable bonds is 5. The van der Waals surface area contributed by atoms with Crippen LogP contribution in [-0.2, 0) is 34.0 Å². The van der Waals surface area contributed by atoms with Crippen molar-refractivity contribution in [3.8, 4) is 17.2 Å². The van der Waals surface area contributed by atoms with Crippen molar-refractivity contribution in [3.05, 3.63) is 47.5 Å². The van der Waals surface area contributed by atoms with Crippen molar-refractivity contribution in [1.82, 2.24) is 0 Å². The van der Waals surface area contributed by atoms with E-state index in [1.54, 1.807) is 19.1 Å². The van der Waals surface area contributed by atoms with Crippen LogP contribution in [0, 0.1) is 6.92 Å². The van der Waals surface area contributed by atoms with Crippen LogP contribution in [0.5, 0.6) is 17.2 Å². The van der Waals surface area contributed by atoms with Crippen LogP contribution in [0.25, 0.3) is 0 Å². The summed E-state index contributed by atoms with van der Waals surface area (Å²) in [6.45, 7) is 1.77. The van der Waals surface area contributed by atoms with E-state index in [0.717, 1.165) is 17.7 Å². The van der Waals surface area contributed by atoms with Gasteiger partial charge in [-0.3, -0.25) is 9.59 Å². The number of cyclic esters (lactones) is 2. The molecule has 0 aliphatic carbocycles. The molecule has 9 nitrogen and oxygen atoms in total. The number of esters is 2. The van der Waals surface area contributed by atoms with Gasteiger partial charge in [0.05, 0.1) is 24.7 Å². The van der Waals surface area contributed by atoms with Crippen molar-refractivity contribution in [2.75, 3.05) is 14.2 Å². The third-order valence-corrected chi connectivity index (χ3v) is 6.31. The number of carbonyl (C=O) groups is 2. The molecule has 0 saturated carbocycles. The Labute approximate surface area is 166 Å². The molecule has 1 fully saturated rings. The molecule has 0 atom stereocenters. The molecule has 1 heterocycles. The van der Waals surface area contributed by atoms with Gasteiger partial charge in [-0.25, -0.2) is 8.42 Å². The van der Waals surface area contributed by atoms with Gasteiger partial charge in [0.2, 0.25) is 5.75 Å². The Bertz CT molecular complexity index is 1030. The molecule has 0 amide bonds. The number of phenols is 1. The number of sulfone groups is 1. The second-order valence-corrected chi connectivity index (χ2v) is 8.24. The summed E-state index contributed by atoms with van der Waals surface area (Å²) in [7, 11) is -2.13. The third kappa shape index (κ3) is 3.35. The molecule has 0 bridgehead atoms. The van der Waals surface area contributed by atoms with Crippen molar-refractivity contribution >= 4 is 21.8 Å². The quantitative estimate of drug-likeness (QED) is 0.567. The standard InChI is InChI=1S/C19H18O9S/c1-11-4-6-13(7-5-11)29(23,24)19(27-16(20)10-17(21)28-19)12-8-14(25-2)18(22)15(9-12)26-3/h4-9,22H,10H2,1-3H3. The molecule has 0 unspecified atom stereocenters. The minimum atomic E-state index is -4.60. The third-order valence-electron chi connectivity index (χ3n) is 4.30. The molecule has 1 aliphatic rings. The number of aromatic hydroxyl groups is 1. The van der Waals surface area contributed by atoms with Gasteiger partial charge < -0.3 is 24.1 Å². The molecule has 10 heteroatoms. The zero-order chi connectivity index (χ0) is 21.4. The topological polar surface area (TPSA) is 125 Å². The summed E-state index contributed by atoms with van der Waals surface area (Å²) in [5, 5.41) is 7.32. The molecule has 3 rings (SSSR count). The average Bonchev–Trinajstić information content (AvgIpc) is 2.67. The summed E-state index contributed by atoms with van der Waals surface area (Å²) in [6.07, 6.45) is -0.739. The zero-order valence-electron chi connectivity index (χ0n) is 15.8. The molecular weight excluding hydrogens is 404 g/mol. The highest BCUT2D eigenvalue weighted by Gasteiger charge is 2.57. The highest BCUT2D eigenvalue weighted by atomic mass is 32.2. The molecule has 0 aromatic heterocycles. The van der Waals surface area contributed by atoms with Crippen LogP contribution in [0.4, 0.5) is 0 Å². The fourth-order valence-corrected chi connectivity index (χ4v) is 4.47. The Hall–Kier alpha value is -3.27. The first-order chi connectivity index (χ1) is 13.6. The monoisotopic (exact) mass is 422 g/mol. The summed E-state index contributed by atoms with van der Waals surface area (Å²) in [4.78, 5) is 23.9. The van der Waals surface area contributed by atoms with Crippen molar-refractivity contribution < 1.29 is 42.1 Å². The molecule has 2 aromatic carbocycles. The van der Waals surface area contributed by atoms with E-state index in [4.69, 9.17) is 18.9 Å². The number of aryl methyl sites for hydroxylation is 1. The molecule has 1 saturated heterocycles. The van der Waals surface area contributed by atoms with E-state index >= 15 is 0 Å². The first kappa shape index (κ1) is 20.5. The maximum atomic E-state index is 13.5. The van der Waals surface area contributed by atoms with Crippen LogP contribution in [0.2, 0.25) is 0 Å². The van der Waals surface area contributed by atoms with Gasteiger partial charge >= 0.3 is 17.1 Å². The van der Waals surface area contributed by atoms with Crippen molar-refractivity contribution in [3.63, 3.8) is 0 Å². The number of carbonyl (C=O) groups excluding carboxylic acids is 2. The van der Waals surface area contributed by atoms with Crippen LogP contribution in [-0.4, -0.2) is 39.7 Å². The molecule has 1 aliphatic heterocycles. The first-order valence-electron chi connectivity index (χ1n) is 8.35. The van der Waals surface area contributed by atoms with Gasteiger partial charge in [0.15, 0.2) is 11.5 Å². The van der Waals surface area contributed by atoms with Crippen LogP contribution in [0.3, 0.4) is 0 Å². The minimum Gasteiger partial charge on any atom is -0.502 e. The fourth-order valence-electron chi connectivity index (χ4n) is 2.84. The fraction of sp³-hybridized carbons (Fsp3) is 0.263. The number of ether oxygens (including phenoxy) is 4. The van der Waals surface area contributed by atoms with E-state index in [2.05, 4.69) is 0 Å². The van der Waals surface area contributed by atoms with Crippen molar-refractivity contribution in [2.45, 2.75) is 23.4 Å². The van der Waals surface area contributed by atoms with Gasteiger partial charge in [-0.2, -0.15) is 0 Å². The van der Waals surface area contributed by atoms with E-state index in [-0.39, 0.29) is 22.0 Å². The summed E-state index contributed by atoms with van der Waals surface area (Å²) in [5.41, 5.74) is 0.509. The Morgan fingerprint density at radius 3 is 1.90 bits per heavy atom. The maximum absolute atomic E-state index is 13.5. The van der Waals surface area contributed by atoms with Gasteiger partial charge in [0.25, 0.3) is 9.84 Å². The predicted octanol–water partition coefficient (Wildman–Crippen LogP) is 1.79. The minimum absolute atomic E-state index is 0.171. The highest BCUT2D eigenvalue weighted by molar-refractivity contribution is 7.92. The van der Waals surface area contributed by atoms with E-state index in [1.165, 1.54) is 26.4 Å². The second kappa shape index (κ2) is 7.28. The van der Waals surface area contributed by atoms with Crippen LogP contribution in [0.1, 0.15) is 17.5 Å². The van der Waals surface area contributed by atoms with Crippen LogP contribution < -0.4 is 9.47 Å². The van der Waals surface area contributed by atoms with Crippen molar-refractivity contribution in [2.24, 2.45) is 0 Å². The smallest absolute Gasteiger partial charge is 0.393 e. The summed E-state index contributed by atoms with van der Waals surface area (Å²) in [5.74, 6) is -2.91. The van der Waals surface area contributed by atoms with Gasteiger partial charge in [-0.15, -0.1) is 0 Å². The van der Waals surface area contributed by atoms with Crippen LogP contribution in [0.15, 0.2) is 41.3 Å². The number of benzene rings is 2. The van der Waals surface area contributed by atoms with E-state index in [1.807, 2.05) is 0 Å². The summed E-state index contributed by atoms with van der Waals surface area (Å²) >= 11 is 0. The summed E-state index contributed by atoms with van der Waals surface area (Å²) in [6, 6.07) is 7.89. The molecule has 0 spiro atoms. The van der Waals surface area contributed by atoms with Crippen LogP contribution >= 0.6 is 0 Å². The Balaban J connectivity index is 2.33. The normalized spacial score (nSPS) is 16.0. The summed E-state index contributed by atoms with van der Waals surface area (Å²) < 4.78 is 47.4. The Morgan fingerprint density at radius 2 is 1.45 bits per heavy atom. The number of methoxy groups -OCH3 is 2. The van der Waals surface area contributed by atoms with Gasteiger partial charge in [-0.05, 0) is 31.2 Å². The lowest BCUT2D eigenvalue weighted by molar-refractivity contribution is -0.219. The Morgan fingerprint density at radius 1 is 0.966 bits per heavy atom. The number of phenolic OH excluding ortho intramolecular Hbond substituents is 1. The molecule has 1 N–H and O–H groups in total. The Kier molecular flexibility index (Phi) is 5.14. The molecule has 2 aromatic rings. The maximum Gasteiger partial charge on any atom is 0.393 e. The lowest BCUT2D eigenvalue weighted by atomic mass is 10.1. The number of hydrogen-bond acceptors (Lipinski definition) is 9. The number of hydrogen-bond donors (Lipinski definition) is 1. The SMILES string of the molecule is COc1cc(C2(S(=O)(=O)c3ccc(C)cc3)OC(=O)CC(=O)O2)cc(OC)c1O. The van der Waals surface area contributed by atoms with Gasteiger partial charge in [0.1, 0.15) is 6.42 Å². The predicted molar refractivity (Wildman–Crippen MR) is 98.1 cm³/mol. The van der Waals surface area contributed by atoms with Gasteiger partial charge in [-0.1, -0.05) is 17.7 Å². The lowest BCUT2D eigenvalue weighted by Gasteiger charge is -2.35. The molecule has 29 heavy (non-hydrogen) atoms. The van der Waals surface area contributed by atoms with E-state index in [0.29, 0.717) is 0 Å². The van der Waals surface area contributed by atoms with E-state index < -0.39 is 39.1 Å².